The summed E-state index contributed by atoms with van der Waals surface area (Å²) in [6, 6.07) is 16.9. The molecule has 1 aliphatic carbocycles. The molecule has 0 unspecified atom stereocenters. The minimum Gasteiger partial charge on any atom is -0.450 e. The maximum absolute atomic E-state index is 12.4. The Morgan fingerprint density at radius 3 is 1.86 bits per heavy atom. The number of alkyl carbamates (subject to hydrolysis) is 1. The summed E-state index contributed by atoms with van der Waals surface area (Å²) < 4.78 is 9.48. The van der Waals surface area contributed by atoms with Crippen LogP contribution in [0.4, 0.5) is 4.79 Å². The molecule has 0 spiro atoms. The number of hydrogen-bond acceptors (Lipinski definition) is 6. The van der Waals surface area contributed by atoms with Gasteiger partial charge in [0.05, 0.1) is 32.3 Å². The number of hydrogen-bond donors (Lipinski definition) is 3. The van der Waals surface area contributed by atoms with Crippen LogP contribution in [0.2, 0.25) is 0 Å². The Hall–Kier alpha value is -2.26. The molecule has 2 amide bonds. The molecular weight excluding hydrogens is 609 g/mol. The first kappa shape index (κ1) is 37.8. The fourth-order valence-electron chi connectivity index (χ4n) is 4.78. The van der Waals surface area contributed by atoms with Gasteiger partial charge < -0.3 is 36.9 Å². The van der Waals surface area contributed by atoms with Gasteiger partial charge in [-0.3, -0.25) is 4.79 Å². The van der Waals surface area contributed by atoms with Gasteiger partial charge in [-0.25, -0.2) is 4.79 Å². The van der Waals surface area contributed by atoms with Crippen LogP contribution in [-0.4, -0.2) is 55.9 Å². The number of benzene rings is 2. The number of ether oxygens (including phenoxy) is 2. The Morgan fingerprint density at radius 1 is 0.881 bits per heavy atom. The van der Waals surface area contributed by atoms with Crippen molar-refractivity contribution in [3.05, 3.63) is 77.7 Å². The molecule has 1 aliphatic rings. The Morgan fingerprint density at radius 2 is 1.40 bits per heavy atom. The third kappa shape index (κ3) is 13.8. The van der Waals surface area contributed by atoms with Gasteiger partial charge in [-0.05, 0) is 61.1 Å². The molecule has 9 heteroatoms. The fourth-order valence-corrected chi connectivity index (χ4v) is 4.78. The molecule has 1 radical (unpaired) electrons. The van der Waals surface area contributed by atoms with E-state index in [0.717, 1.165) is 11.1 Å². The predicted octanol–water partition coefficient (Wildman–Crippen LogP) is 5.55. The van der Waals surface area contributed by atoms with Crippen molar-refractivity contribution >= 4 is 17.8 Å². The van der Waals surface area contributed by atoms with Crippen LogP contribution in [0.5, 0.6) is 0 Å². The Bertz CT molecular complexity index is 1080. The second-order valence-electron chi connectivity index (χ2n) is 11.3. The van der Waals surface area contributed by atoms with Crippen LogP contribution >= 0.6 is 0 Å². The molecular formula is C33H47N2O6Y-. The molecule has 42 heavy (non-hydrogen) atoms. The van der Waals surface area contributed by atoms with E-state index in [4.69, 9.17) is 9.84 Å². The first-order chi connectivity index (χ1) is 19.5. The zero-order valence-electron chi connectivity index (χ0n) is 25.6. The predicted molar refractivity (Wildman–Crippen MR) is 161 cm³/mol. The second kappa shape index (κ2) is 19.8. The van der Waals surface area contributed by atoms with E-state index in [9.17, 15) is 14.4 Å². The van der Waals surface area contributed by atoms with Gasteiger partial charge >= 0.3 is 6.09 Å². The molecule has 0 atom stereocenters. The van der Waals surface area contributed by atoms with Gasteiger partial charge in [0.2, 0.25) is 0 Å². The molecule has 8 nitrogen and oxygen atoms in total. The molecule has 0 saturated heterocycles. The standard InChI is InChI=1S/C26H32NO2.C7H15NO4.Y/c1-18(28)27-17-19-5-7-20(8-6-19)21-9-11-22(12-10-21)23-13-15-24(16-14-23)25(29)26(2,3)4;1-2-12-7(10)8-3-5-11-6-4-9;/h5-8,13-16,21-22H,1,9-12,17H2,2-4H3,(H,27,28);9H,2-6H2,1H3,(H,8,10);/q-1;;. The molecule has 0 bridgehead atoms. The van der Waals surface area contributed by atoms with Crippen molar-refractivity contribution in [1.29, 1.82) is 0 Å². The monoisotopic (exact) mass is 656 g/mol. The Balaban J connectivity index is 0.000000578. The summed E-state index contributed by atoms with van der Waals surface area (Å²) in [5.41, 5.74) is 4.32. The topological polar surface area (TPSA) is 114 Å². The van der Waals surface area contributed by atoms with E-state index in [1.165, 1.54) is 36.8 Å². The summed E-state index contributed by atoms with van der Waals surface area (Å²) in [6.45, 7) is 13.0. The molecule has 1 saturated carbocycles. The number of Topliss-reactive ketones (excluding diaryl/α,β-unsaturated/α-hetero) is 1. The zero-order chi connectivity index (χ0) is 30.3. The molecule has 0 heterocycles. The van der Waals surface area contributed by atoms with Crippen molar-refractivity contribution in [3.63, 3.8) is 0 Å². The first-order valence-electron chi connectivity index (χ1n) is 14.5. The summed E-state index contributed by atoms with van der Waals surface area (Å²) in [5.74, 6) is 1.13. The number of aliphatic hydroxyl groups excluding tert-OH is 1. The minimum absolute atomic E-state index is 0. The molecule has 2 aromatic carbocycles. The van der Waals surface area contributed by atoms with Gasteiger partial charge in [0.1, 0.15) is 0 Å². The van der Waals surface area contributed by atoms with Crippen molar-refractivity contribution in [1.82, 2.24) is 10.6 Å². The molecule has 0 aliphatic heterocycles. The number of carbonyl (C=O) groups excluding carboxylic acids is 3. The van der Waals surface area contributed by atoms with Gasteiger partial charge in [0.25, 0.3) is 0 Å². The SMILES string of the molecule is CCOC(=O)NCCOCCO.[CH2-]C(=O)NCc1ccc(C2CCC(c3ccc(C(=O)C(C)(C)C)cc3)CC2)cc1.[Y]. The van der Waals surface area contributed by atoms with E-state index in [2.05, 4.69) is 58.7 Å². The van der Waals surface area contributed by atoms with E-state index in [0.29, 0.717) is 44.7 Å². The van der Waals surface area contributed by atoms with E-state index >= 15 is 0 Å². The van der Waals surface area contributed by atoms with Crippen LogP contribution in [0.1, 0.15) is 92.3 Å². The Labute approximate surface area is 276 Å². The van der Waals surface area contributed by atoms with Gasteiger partial charge in [-0.2, -0.15) is 0 Å². The second-order valence-corrected chi connectivity index (χ2v) is 11.3. The molecule has 229 valence electrons. The van der Waals surface area contributed by atoms with Gasteiger partial charge in [-0.1, -0.05) is 69.3 Å². The smallest absolute Gasteiger partial charge is 0.407 e. The van der Waals surface area contributed by atoms with Crippen molar-refractivity contribution in [2.24, 2.45) is 5.41 Å². The summed E-state index contributed by atoms with van der Waals surface area (Å²) in [7, 11) is 0. The van der Waals surface area contributed by atoms with Gasteiger partial charge in [-0.15, -0.1) is 0 Å². The van der Waals surface area contributed by atoms with Gasteiger partial charge in [0, 0.05) is 56.8 Å². The normalized spacial score (nSPS) is 16.2. The van der Waals surface area contributed by atoms with Crippen LogP contribution in [0.15, 0.2) is 48.5 Å². The first-order valence-corrected chi connectivity index (χ1v) is 14.5. The van der Waals surface area contributed by atoms with Crippen LogP contribution in [0.3, 0.4) is 0 Å². The van der Waals surface area contributed by atoms with E-state index in [1.54, 1.807) is 6.92 Å². The number of nitrogens with one attached hydrogen (secondary N) is 2. The molecule has 1 fully saturated rings. The van der Waals surface area contributed by atoms with Crippen molar-refractivity contribution in [2.45, 2.75) is 71.8 Å². The molecule has 3 rings (SSSR count). The van der Waals surface area contributed by atoms with Crippen molar-refractivity contribution in [2.75, 3.05) is 33.0 Å². The largest absolute Gasteiger partial charge is 0.450 e. The summed E-state index contributed by atoms with van der Waals surface area (Å²) in [4.78, 5) is 34.0. The van der Waals surface area contributed by atoms with Crippen molar-refractivity contribution < 1.29 is 61.7 Å². The number of amides is 2. The molecule has 2 aromatic rings. The van der Waals surface area contributed by atoms with Crippen LogP contribution < -0.4 is 10.6 Å². The number of ketones is 1. The Kier molecular flexibility index (Phi) is 17.8. The van der Waals surface area contributed by atoms with E-state index < -0.39 is 6.09 Å². The summed E-state index contributed by atoms with van der Waals surface area (Å²) >= 11 is 0. The fraction of sp³-hybridized carbons (Fsp3) is 0.515. The third-order valence-electron chi connectivity index (χ3n) is 7.02. The number of rotatable bonds is 11. The molecule has 3 N–H and O–H groups in total. The quantitative estimate of drug-likeness (QED) is 0.166. The van der Waals surface area contributed by atoms with E-state index in [1.807, 2.05) is 32.9 Å². The summed E-state index contributed by atoms with van der Waals surface area (Å²) in [6.07, 6.45) is 4.28. The third-order valence-corrected chi connectivity index (χ3v) is 7.02. The number of carbonyl (C=O) groups is 3. The average Bonchev–Trinajstić information content (AvgIpc) is 2.96. The summed E-state index contributed by atoms with van der Waals surface area (Å²) in [5, 5.41) is 13.5. The van der Waals surface area contributed by atoms with Crippen molar-refractivity contribution in [3.8, 4) is 0 Å². The van der Waals surface area contributed by atoms with Gasteiger partial charge in [0.15, 0.2) is 5.78 Å². The maximum atomic E-state index is 12.4. The maximum Gasteiger partial charge on any atom is 0.407 e. The van der Waals surface area contributed by atoms with Crippen LogP contribution in [0.25, 0.3) is 0 Å². The zero-order valence-corrected chi connectivity index (χ0v) is 28.5. The van der Waals surface area contributed by atoms with Crippen LogP contribution in [0, 0.1) is 12.3 Å². The van der Waals surface area contributed by atoms with Crippen LogP contribution in [-0.2, 0) is 53.5 Å². The van der Waals surface area contributed by atoms with E-state index in [-0.39, 0.29) is 56.4 Å². The minimum atomic E-state index is -0.440. The number of aliphatic hydroxyl groups is 1. The average molecular weight is 657 g/mol. The molecule has 0 aromatic heterocycles.